The lowest BCUT2D eigenvalue weighted by atomic mass is 10.2. The molecule has 4 rings (SSSR count). The molecule has 0 aliphatic rings. The number of nitrogens with one attached hydrogen (secondary N) is 1. The Kier molecular flexibility index (Phi) is 5.94. The van der Waals surface area contributed by atoms with Crippen molar-refractivity contribution in [1.29, 1.82) is 0 Å². The number of carbonyl (C=O) groups excluding carboxylic acids is 1. The van der Waals surface area contributed by atoms with Crippen LogP contribution in [0, 0.1) is 5.82 Å². The fraction of sp³-hybridized carbons (Fsp3) is 0.0526. The van der Waals surface area contributed by atoms with Crippen molar-refractivity contribution in [2.75, 3.05) is 5.32 Å². The first-order valence-corrected chi connectivity index (χ1v) is 9.53. The molecule has 27 heavy (non-hydrogen) atoms. The average Bonchev–Trinajstić information content (AvgIpc) is 3.19. The van der Waals surface area contributed by atoms with Crippen LogP contribution in [-0.4, -0.2) is 15.3 Å². The van der Waals surface area contributed by atoms with Crippen molar-refractivity contribution in [1.82, 2.24) is 9.38 Å². The summed E-state index contributed by atoms with van der Waals surface area (Å²) in [4.78, 5) is 17.7. The van der Waals surface area contributed by atoms with Crippen LogP contribution in [0.5, 0.6) is 0 Å². The number of para-hydroxylation sites is 1. The third-order valence-electron chi connectivity index (χ3n) is 3.89. The molecule has 1 N–H and O–H groups in total. The fourth-order valence-corrected chi connectivity index (χ4v) is 3.94. The highest BCUT2D eigenvalue weighted by atomic mass is 79.9. The number of fused-ring (bicyclic) bond motifs is 1. The molecule has 8 heteroatoms. The number of amides is 1. The maximum absolute atomic E-state index is 13.7. The Labute approximate surface area is 173 Å². The second kappa shape index (κ2) is 8.21. The van der Waals surface area contributed by atoms with Gasteiger partial charge in [0.25, 0.3) is 0 Å². The SMILES string of the molecule is Cl.O=C(Cc1csc2nc(-c3cccc(Br)c3)cn12)Nc1ccccc1F. The molecule has 0 fully saturated rings. The van der Waals surface area contributed by atoms with Crippen molar-refractivity contribution in [3.05, 3.63) is 76.1 Å². The van der Waals surface area contributed by atoms with Crippen LogP contribution in [0.3, 0.4) is 0 Å². The van der Waals surface area contributed by atoms with Crippen LogP contribution in [0.1, 0.15) is 5.69 Å². The number of aromatic nitrogens is 2. The second-order valence-corrected chi connectivity index (χ2v) is 7.47. The highest BCUT2D eigenvalue weighted by Gasteiger charge is 2.14. The molecule has 0 radical (unpaired) electrons. The number of halogens is 3. The van der Waals surface area contributed by atoms with Gasteiger partial charge in [0.05, 0.1) is 17.8 Å². The number of carbonyl (C=O) groups is 1. The molecule has 0 saturated carbocycles. The molecule has 4 nitrogen and oxygen atoms in total. The summed E-state index contributed by atoms with van der Waals surface area (Å²) in [5.74, 6) is -0.719. The number of hydrogen-bond donors (Lipinski definition) is 1. The molecule has 0 unspecified atom stereocenters. The number of hydrogen-bond acceptors (Lipinski definition) is 3. The predicted octanol–water partition coefficient (Wildman–Crippen LogP) is 5.57. The van der Waals surface area contributed by atoms with Gasteiger partial charge < -0.3 is 5.32 Å². The summed E-state index contributed by atoms with van der Waals surface area (Å²) in [6, 6.07) is 14.0. The standard InChI is InChI=1S/C19H13BrFN3OS.ClH/c20-13-5-3-4-12(8-13)17-10-24-14(11-26-19(24)23-17)9-18(25)22-16-7-2-1-6-15(16)21;/h1-8,10-11H,9H2,(H,22,25);1H. The maximum Gasteiger partial charge on any atom is 0.230 e. The average molecular weight is 467 g/mol. The summed E-state index contributed by atoms with van der Waals surface area (Å²) in [7, 11) is 0. The van der Waals surface area contributed by atoms with E-state index in [-0.39, 0.29) is 30.4 Å². The lowest BCUT2D eigenvalue weighted by molar-refractivity contribution is -0.115. The van der Waals surface area contributed by atoms with Gasteiger partial charge in [-0.3, -0.25) is 9.20 Å². The summed E-state index contributed by atoms with van der Waals surface area (Å²) < 4.78 is 16.6. The van der Waals surface area contributed by atoms with Crippen molar-refractivity contribution < 1.29 is 9.18 Å². The molecule has 1 amide bonds. The first-order valence-electron chi connectivity index (χ1n) is 7.86. The number of anilines is 1. The third kappa shape index (κ3) is 4.21. The Morgan fingerprint density at radius 2 is 2.04 bits per heavy atom. The first-order chi connectivity index (χ1) is 12.6. The van der Waals surface area contributed by atoms with E-state index in [9.17, 15) is 9.18 Å². The van der Waals surface area contributed by atoms with E-state index in [1.807, 2.05) is 40.2 Å². The first kappa shape index (κ1) is 19.5. The molecule has 2 aromatic carbocycles. The fourth-order valence-electron chi connectivity index (χ4n) is 2.66. The third-order valence-corrected chi connectivity index (χ3v) is 5.28. The zero-order valence-electron chi connectivity index (χ0n) is 13.9. The quantitative estimate of drug-likeness (QED) is 0.427. The zero-order valence-corrected chi connectivity index (χ0v) is 17.1. The normalized spacial score (nSPS) is 10.6. The van der Waals surface area contributed by atoms with Crippen molar-refractivity contribution in [2.24, 2.45) is 0 Å². The van der Waals surface area contributed by atoms with E-state index >= 15 is 0 Å². The van der Waals surface area contributed by atoms with Crippen molar-refractivity contribution >= 4 is 56.2 Å². The van der Waals surface area contributed by atoms with Gasteiger partial charge in [0.2, 0.25) is 5.91 Å². The van der Waals surface area contributed by atoms with Crippen LogP contribution in [0.15, 0.2) is 64.6 Å². The van der Waals surface area contributed by atoms with Gasteiger partial charge in [0, 0.05) is 27.3 Å². The van der Waals surface area contributed by atoms with Gasteiger partial charge in [-0.15, -0.1) is 23.7 Å². The Hall–Kier alpha value is -2.22. The molecule has 2 aromatic heterocycles. The molecule has 0 aliphatic carbocycles. The molecule has 0 saturated heterocycles. The Morgan fingerprint density at radius 3 is 2.81 bits per heavy atom. The lowest BCUT2D eigenvalue weighted by Gasteiger charge is -2.05. The van der Waals surface area contributed by atoms with E-state index in [4.69, 9.17) is 0 Å². The monoisotopic (exact) mass is 465 g/mol. The van der Waals surface area contributed by atoms with E-state index in [1.54, 1.807) is 18.2 Å². The molecule has 2 heterocycles. The lowest BCUT2D eigenvalue weighted by Crippen LogP contribution is -2.16. The zero-order chi connectivity index (χ0) is 18.1. The van der Waals surface area contributed by atoms with Crippen LogP contribution < -0.4 is 5.32 Å². The number of benzene rings is 2. The summed E-state index contributed by atoms with van der Waals surface area (Å²) in [6.45, 7) is 0. The van der Waals surface area contributed by atoms with Gasteiger partial charge >= 0.3 is 0 Å². The van der Waals surface area contributed by atoms with Crippen LogP contribution in [0.2, 0.25) is 0 Å². The van der Waals surface area contributed by atoms with Crippen molar-refractivity contribution in [2.45, 2.75) is 6.42 Å². The van der Waals surface area contributed by atoms with Crippen LogP contribution in [-0.2, 0) is 11.2 Å². The number of thiazole rings is 1. The topological polar surface area (TPSA) is 46.4 Å². The van der Waals surface area contributed by atoms with Gasteiger partial charge in [-0.1, -0.05) is 40.2 Å². The highest BCUT2D eigenvalue weighted by molar-refractivity contribution is 9.10. The Balaban J connectivity index is 0.00000210. The molecule has 138 valence electrons. The van der Waals surface area contributed by atoms with E-state index in [0.29, 0.717) is 0 Å². The highest BCUT2D eigenvalue weighted by Crippen LogP contribution is 2.26. The smallest absolute Gasteiger partial charge is 0.230 e. The number of rotatable bonds is 4. The minimum absolute atomic E-state index is 0. The van der Waals surface area contributed by atoms with Crippen LogP contribution in [0.25, 0.3) is 16.2 Å². The van der Waals surface area contributed by atoms with Gasteiger partial charge in [-0.25, -0.2) is 9.37 Å². The summed E-state index contributed by atoms with van der Waals surface area (Å²) in [6.07, 6.45) is 2.06. The molecule has 0 bridgehead atoms. The van der Waals surface area contributed by atoms with Gasteiger partial charge in [-0.2, -0.15) is 0 Å². The van der Waals surface area contributed by atoms with Crippen molar-refractivity contribution in [3.8, 4) is 11.3 Å². The summed E-state index contributed by atoms with van der Waals surface area (Å²) in [5.41, 5.74) is 2.84. The van der Waals surface area contributed by atoms with Gasteiger partial charge in [0.15, 0.2) is 4.96 Å². The van der Waals surface area contributed by atoms with E-state index in [0.717, 1.165) is 26.4 Å². The second-order valence-electron chi connectivity index (χ2n) is 5.72. The molecule has 4 aromatic rings. The number of nitrogens with zero attached hydrogens (tertiary/aromatic N) is 2. The van der Waals surface area contributed by atoms with Crippen LogP contribution >= 0.6 is 39.7 Å². The minimum atomic E-state index is -0.448. The largest absolute Gasteiger partial charge is 0.323 e. The van der Waals surface area contributed by atoms with E-state index in [1.165, 1.54) is 17.4 Å². The maximum atomic E-state index is 13.7. The minimum Gasteiger partial charge on any atom is -0.323 e. The number of imidazole rings is 1. The van der Waals surface area contributed by atoms with Crippen molar-refractivity contribution in [3.63, 3.8) is 0 Å². The molecule has 0 atom stereocenters. The molecule has 0 aliphatic heterocycles. The van der Waals surface area contributed by atoms with Gasteiger partial charge in [-0.05, 0) is 24.3 Å². The molecular formula is C19H14BrClFN3OS. The van der Waals surface area contributed by atoms with E-state index in [2.05, 4.69) is 26.2 Å². The predicted molar refractivity (Wildman–Crippen MR) is 112 cm³/mol. The Morgan fingerprint density at radius 1 is 1.22 bits per heavy atom. The van der Waals surface area contributed by atoms with Gasteiger partial charge in [0.1, 0.15) is 5.82 Å². The summed E-state index contributed by atoms with van der Waals surface area (Å²) in [5, 5.41) is 4.51. The van der Waals surface area contributed by atoms with Crippen LogP contribution in [0.4, 0.5) is 10.1 Å². The molecule has 0 spiro atoms. The Bertz CT molecular complexity index is 1110. The summed E-state index contributed by atoms with van der Waals surface area (Å²) >= 11 is 4.93. The van der Waals surface area contributed by atoms with E-state index < -0.39 is 5.82 Å². The molecular weight excluding hydrogens is 453 g/mol.